The van der Waals surface area contributed by atoms with Crippen LogP contribution in [-0.4, -0.2) is 53.5 Å². The molecule has 1 aromatic carbocycles. The van der Waals surface area contributed by atoms with Crippen molar-refractivity contribution in [3.63, 3.8) is 0 Å². The highest BCUT2D eigenvalue weighted by Crippen LogP contribution is 2.25. The predicted molar refractivity (Wildman–Crippen MR) is 119 cm³/mol. The molecule has 1 saturated heterocycles. The van der Waals surface area contributed by atoms with E-state index < -0.39 is 0 Å². The molecule has 6 heteroatoms. The van der Waals surface area contributed by atoms with Crippen LogP contribution in [0.3, 0.4) is 0 Å². The van der Waals surface area contributed by atoms with Gasteiger partial charge in [0.25, 0.3) is 5.91 Å². The molecule has 1 amide bonds. The molecular weight excluding hydrogens is 382 g/mol. The van der Waals surface area contributed by atoms with Gasteiger partial charge in [-0.3, -0.25) is 9.69 Å². The second-order valence-corrected chi connectivity index (χ2v) is 9.99. The maximum Gasteiger partial charge on any atom is 0.260 e. The summed E-state index contributed by atoms with van der Waals surface area (Å²) in [5.41, 5.74) is 2.52. The zero-order valence-corrected chi connectivity index (χ0v) is 19.1. The molecule has 0 atom stereocenters. The molecule has 2 heterocycles. The van der Waals surface area contributed by atoms with Gasteiger partial charge in [0.15, 0.2) is 6.61 Å². The molecule has 1 aromatic heterocycles. The first kappa shape index (κ1) is 21.8. The highest BCUT2D eigenvalue weighted by Gasteiger charge is 2.23. The van der Waals surface area contributed by atoms with E-state index >= 15 is 0 Å². The van der Waals surface area contributed by atoms with E-state index in [1.54, 1.807) is 11.3 Å². The van der Waals surface area contributed by atoms with Crippen molar-refractivity contribution in [2.45, 2.75) is 52.5 Å². The fourth-order valence-corrected chi connectivity index (χ4v) is 4.32. The number of hydrogen-bond donors (Lipinski definition) is 0. The van der Waals surface area contributed by atoms with Crippen molar-refractivity contribution in [3.8, 4) is 5.75 Å². The van der Waals surface area contributed by atoms with Gasteiger partial charge in [0, 0.05) is 37.0 Å². The van der Waals surface area contributed by atoms with E-state index in [9.17, 15) is 4.79 Å². The molecule has 0 saturated carbocycles. The Bertz CT molecular complexity index is 800. The van der Waals surface area contributed by atoms with Gasteiger partial charge >= 0.3 is 0 Å². The Morgan fingerprint density at radius 1 is 1.14 bits per heavy atom. The molecule has 3 rings (SSSR count). The Balaban J connectivity index is 1.42. The molecule has 1 aliphatic rings. The topological polar surface area (TPSA) is 45.7 Å². The number of ether oxygens (including phenoxy) is 1. The Kier molecular flexibility index (Phi) is 6.96. The first-order valence-corrected chi connectivity index (χ1v) is 11.3. The van der Waals surface area contributed by atoms with Crippen molar-refractivity contribution in [1.82, 2.24) is 14.8 Å². The van der Waals surface area contributed by atoms with Crippen molar-refractivity contribution in [2.75, 3.05) is 32.8 Å². The molecule has 1 fully saturated rings. The summed E-state index contributed by atoms with van der Waals surface area (Å²) in [5.74, 6) is 1.30. The first-order chi connectivity index (χ1) is 13.7. The minimum Gasteiger partial charge on any atom is -0.484 e. The van der Waals surface area contributed by atoms with E-state index in [1.165, 1.54) is 5.56 Å². The maximum atomic E-state index is 12.5. The highest BCUT2D eigenvalue weighted by atomic mass is 32.1. The lowest BCUT2D eigenvalue weighted by atomic mass is 9.93. The van der Waals surface area contributed by atoms with Crippen LogP contribution in [0.4, 0.5) is 0 Å². The van der Waals surface area contributed by atoms with E-state index in [2.05, 4.69) is 57.0 Å². The lowest BCUT2D eigenvalue weighted by Gasteiger charge is -2.34. The summed E-state index contributed by atoms with van der Waals surface area (Å²) < 4.78 is 5.70. The highest BCUT2D eigenvalue weighted by molar-refractivity contribution is 7.09. The fourth-order valence-electron chi connectivity index (χ4n) is 3.26. The van der Waals surface area contributed by atoms with Gasteiger partial charge in [-0.05, 0) is 23.6 Å². The number of rotatable bonds is 6. The average Bonchev–Trinajstić information content (AvgIpc) is 3.16. The lowest BCUT2D eigenvalue weighted by molar-refractivity contribution is -0.135. The quantitative estimate of drug-likeness (QED) is 0.706. The molecule has 2 aromatic rings. The number of nitrogens with zero attached hydrogens (tertiary/aromatic N) is 3. The second-order valence-electron chi connectivity index (χ2n) is 9.05. The molecule has 0 spiro atoms. The molecule has 29 heavy (non-hydrogen) atoms. The molecular formula is C23H33N3O2S. The summed E-state index contributed by atoms with van der Waals surface area (Å²) in [6.07, 6.45) is 0. The summed E-state index contributed by atoms with van der Waals surface area (Å²) in [5, 5.41) is 3.32. The third kappa shape index (κ3) is 6.03. The number of amides is 1. The van der Waals surface area contributed by atoms with Crippen molar-refractivity contribution in [2.24, 2.45) is 0 Å². The smallest absolute Gasteiger partial charge is 0.260 e. The summed E-state index contributed by atoms with van der Waals surface area (Å²) in [4.78, 5) is 21.6. The summed E-state index contributed by atoms with van der Waals surface area (Å²) in [6.45, 7) is 15.1. The third-order valence-electron chi connectivity index (χ3n) is 5.31. The predicted octanol–water partition coefficient (Wildman–Crippen LogP) is 4.29. The van der Waals surface area contributed by atoms with Crippen LogP contribution in [0.5, 0.6) is 5.75 Å². The van der Waals surface area contributed by atoms with Crippen LogP contribution < -0.4 is 4.74 Å². The summed E-state index contributed by atoms with van der Waals surface area (Å²) in [6, 6.07) is 8.01. The minimum atomic E-state index is 0.0573. The molecule has 0 unspecified atom stereocenters. The number of hydrogen-bond acceptors (Lipinski definition) is 5. The lowest BCUT2D eigenvalue weighted by Crippen LogP contribution is -2.49. The zero-order valence-electron chi connectivity index (χ0n) is 18.3. The van der Waals surface area contributed by atoms with E-state index in [0.29, 0.717) is 5.92 Å². The Morgan fingerprint density at radius 2 is 1.79 bits per heavy atom. The zero-order chi connectivity index (χ0) is 21.0. The average molecular weight is 416 g/mol. The normalized spacial score (nSPS) is 15.7. The molecule has 0 bridgehead atoms. The van der Waals surface area contributed by atoms with Crippen LogP contribution in [0.1, 0.15) is 56.8 Å². The number of benzene rings is 1. The molecule has 5 nitrogen and oxygen atoms in total. The summed E-state index contributed by atoms with van der Waals surface area (Å²) >= 11 is 1.73. The number of thiazole rings is 1. The molecule has 0 aliphatic carbocycles. The van der Waals surface area contributed by atoms with Crippen LogP contribution >= 0.6 is 11.3 Å². The van der Waals surface area contributed by atoms with Crippen molar-refractivity contribution >= 4 is 17.2 Å². The standard InChI is InChI=1S/C23H33N3O2S/c1-17(2)18-6-8-19(9-7-18)28-15-22(27)26-12-10-25(11-13-26)14-21-24-20(16-29-21)23(3,4)5/h6-9,16-17H,10-15H2,1-5H3. The van der Waals surface area contributed by atoms with Crippen LogP contribution in [-0.2, 0) is 16.8 Å². The second kappa shape index (κ2) is 9.26. The van der Waals surface area contributed by atoms with E-state index in [-0.39, 0.29) is 17.9 Å². The van der Waals surface area contributed by atoms with Crippen LogP contribution in [0.25, 0.3) is 0 Å². The Morgan fingerprint density at radius 3 is 2.34 bits per heavy atom. The monoisotopic (exact) mass is 415 g/mol. The maximum absolute atomic E-state index is 12.5. The van der Waals surface area contributed by atoms with E-state index in [1.807, 2.05) is 17.0 Å². The number of aromatic nitrogens is 1. The van der Waals surface area contributed by atoms with Gasteiger partial charge in [-0.25, -0.2) is 4.98 Å². The van der Waals surface area contributed by atoms with E-state index in [0.717, 1.165) is 49.2 Å². The SMILES string of the molecule is CC(C)c1ccc(OCC(=O)N2CCN(Cc3nc(C(C)(C)C)cs3)CC2)cc1. The van der Waals surface area contributed by atoms with Gasteiger partial charge in [-0.2, -0.15) is 0 Å². The van der Waals surface area contributed by atoms with Gasteiger partial charge in [-0.1, -0.05) is 46.8 Å². The van der Waals surface area contributed by atoms with E-state index in [4.69, 9.17) is 9.72 Å². The Hall–Kier alpha value is -1.92. The largest absolute Gasteiger partial charge is 0.484 e. The van der Waals surface area contributed by atoms with Gasteiger partial charge in [0.2, 0.25) is 0 Å². The van der Waals surface area contributed by atoms with Crippen molar-refractivity contribution < 1.29 is 9.53 Å². The number of carbonyl (C=O) groups excluding carboxylic acids is 1. The van der Waals surface area contributed by atoms with Crippen LogP contribution in [0.15, 0.2) is 29.6 Å². The van der Waals surface area contributed by atoms with Crippen molar-refractivity contribution in [3.05, 3.63) is 45.9 Å². The first-order valence-electron chi connectivity index (χ1n) is 10.4. The van der Waals surface area contributed by atoms with Gasteiger partial charge in [0.05, 0.1) is 12.2 Å². The van der Waals surface area contributed by atoms with Gasteiger partial charge in [0.1, 0.15) is 10.8 Å². The number of carbonyl (C=O) groups is 1. The number of piperazine rings is 1. The van der Waals surface area contributed by atoms with Crippen LogP contribution in [0, 0.1) is 0 Å². The van der Waals surface area contributed by atoms with Crippen LogP contribution in [0.2, 0.25) is 0 Å². The summed E-state index contributed by atoms with van der Waals surface area (Å²) in [7, 11) is 0. The molecule has 0 N–H and O–H groups in total. The van der Waals surface area contributed by atoms with Gasteiger partial charge in [-0.15, -0.1) is 11.3 Å². The minimum absolute atomic E-state index is 0.0573. The third-order valence-corrected chi connectivity index (χ3v) is 6.15. The fraction of sp³-hybridized carbons (Fsp3) is 0.565. The molecule has 0 radical (unpaired) electrons. The van der Waals surface area contributed by atoms with Crippen molar-refractivity contribution in [1.29, 1.82) is 0 Å². The Labute approximate surface area is 178 Å². The van der Waals surface area contributed by atoms with Gasteiger partial charge < -0.3 is 9.64 Å². The molecule has 1 aliphatic heterocycles. The molecule has 158 valence electrons.